The van der Waals surface area contributed by atoms with Gasteiger partial charge in [-0.1, -0.05) is 13.8 Å². The van der Waals surface area contributed by atoms with Gasteiger partial charge in [-0.3, -0.25) is 0 Å². The highest BCUT2D eigenvalue weighted by Gasteiger charge is 2.40. The van der Waals surface area contributed by atoms with Crippen molar-refractivity contribution in [2.45, 2.75) is 32.3 Å². The fraction of sp³-hybridized carbons (Fsp3) is 1.00. The molecule has 0 aromatic rings. The molecule has 1 fully saturated rings. The highest BCUT2D eigenvalue weighted by atomic mass is 16.6. The first kappa shape index (κ1) is 11.9. The van der Waals surface area contributed by atoms with Crippen LogP contribution in [0.4, 0.5) is 0 Å². The van der Waals surface area contributed by atoms with Gasteiger partial charge in [-0.25, -0.2) is 0 Å². The average Bonchev–Trinajstić information content (AvgIpc) is 2.16. The fourth-order valence-electron chi connectivity index (χ4n) is 2.06. The first-order valence-corrected chi connectivity index (χ1v) is 4.97. The highest BCUT2D eigenvalue weighted by molar-refractivity contribution is 4.85. The van der Waals surface area contributed by atoms with E-state index in [0.29, 0.717) is 6.61 Å². The summed E-state index contributed by atoms with van der Waals surface area (Å²) < 4.78 is 15.8. The molecule has 0 aliphatic carbocycles. The van der Waals surface area contributed by atoms with E-state index in [1.807, 2.05) is 6.92 Å². The minimum Gasteiger partial charge on any atom is -0.382 e. The molecule has 0 aromatic carbocycles. The molecule has 0 unspecified atom stereocenters. The SMILES string of the molecule is COC[C@H]1O[C@H](O)[C@H](C)[C@@H](OC)[C@@H]1C. The van der Waals surface area contributed by atoms with E-state index in [4.69, 9.17) is 14.2 Å². The van der Waals surface area contributed by atoms with Gasteiger partial charge < -0.3 is 19.3 Å². The lowest BCUT2D eigenvalue weighted by atomic mass is 9.86. The molecule has 0 bridgehead atoms. The number of methoxy groups -OCH3 is 2. The van der Waals surface area contributed by atoms with Crippen molar-refractivity contribution in [2.24, 2.45) is 11.8 Å². The number of rotatable bonds is 3. The second-order valence-corrected chi connectivity index (χ2v) is 3.94. The van der Waals surface area contributed by atoms with Gasteiger partial charge in [0, 0.05) is 26.1 Å². The molecule has 84 valence electrons. The molecule has 0 radical (unpaired) electrons. The summed E-state index contributed by atoms with van der Waals surface area (Å²) in [5.41, 5.74) is 0. The van der Waals surface area contributed by atoms with Gasteiger partial charge in [0.15, 0.2) is 6.29 Å². The number of aliphatic hydroxyl groups excluding tert-OH is 1. The summed E-state index contributed by atoms with van der Waals surface area (Å²) >= 11 is 0. The maximum Gasteiger partial charge on any atom is 0.160 e. The van der Waals surface area contributed by atoms with Crippen LogP contribution in [0.15, 0.2) is 0 Å². The molecule has 1 heterocycles. The topological polar surface area (TPSA) is 47.9 Å². The Balaban J connectivity index is 2.65. The fourth-order valence-corrected chi connectivity index (χ4v) is 2.06. The van der Waals surface area contributed by atoms with Gasteiger partial charge in [-0.2, -0.15) is 0 Å². The van der Waals surface area contributed by atoms with Crippen LogP contribution in [0.2, 0.25) is 0 Å². The van der Waals surface area contributed by atoms with E-state index >= 15 is 0 Å². The van der Waals surface area contributed by atoms with Gasteiger partial charge in [-0.15, -0.1) is 0 Å². The minimum absolute atomic E-state index is 0.00288. The molecule has 1 aliphatic rings. The normalized spacial score (nSPS) is 43.9. The van der Waals surface area contributed by atoms with Gasteiger partial charge in [0.25, 0.3) is 0 Å². The van der Waals surface area contributed by atoms with Crippen molar-refractivity contribution in [3.63, 3.8) is 0 Å². The first-order chi connectivity index (χ1) is 6.61. The van der Waals surface area contributed by atoms with Crippen molar-refractivity contribution < 1.29 is 19.3 Å². The van der Waals surface area contributed by atoms with Crippen LogP contribution in [-0.2, 0) is 14.2 Å². The van der Waals surface area contributed by atoms with E-state index in [9.17, 15) is 5.11 Å². The maximum absolute atomic E-state index is 9.64. The molecular formula is C10H20O4. The minimum atomic E-state index is -0.753. The van der Waals surface area contributed by atoms with E-state index in [0.717, 1.165) is 0 Å². The Morgan fingerprint density at radius 1 is 1.21 bits per heavy atom. The summed E-state index contributed by atoms with van der Waals surface area (Å²) in [6, 6.07) is 0. The lowest BCUT2D eigenvalue weighted by Crippen LogP contribution is -2.51. The predicted molar refractivity (Wildman–Crippen MR) is 51.9 cm³/mol. The molecule has 0 saturated carbocycles. The van der Waals surface area contributed by atoms with Crippen molar-refractivity contribution in [1.29, 1.82) is 0 Å². The second kappa shape index (κ2) is 5.07. The third-order valence-electron chi connectivity index (χ3n) is 2.99. The van der Waals surface area contributed by atoms with E-state index in [2.05, 4.69) is 6.92 Å². The average molecular weight is 204 g/mol. The third kappa shape index (κ3) is 2.25. The maximum atomic E-state index is 9.64. The molecule has 1 saturated heterocycles. The molecule has 0 aromatic heterocycles. The molecule has 0 amide bonds. The Hall–Kier alpha value is -0.160. The molecule has 1 rings (SSSR count). The summed E-state index contributed by atoms with van der Waals surface area (Å²) in [7, 11) is 3.29. The second-order valence-electron chi connectivity index (χ2n) is 3.94. The van der Waals surface area contributed by atoms with Crippen LogP contribution in [-0.4, -0.2) is 44.4 Å². The number of hydrogen-bond donors (Lipinski definition) is 1. The molecule has 4 nitrogen and oxygen atoms in total. The molecule has 0 spiro atoms. The third-order valence-corrected chi connectivity index (χ3v) is 2.99. The van der Waals surface area contributed by atoms with E-state index in [1.54, 1.807) is 14.2 Å². The van der Waals surface area contributed by atoms with Crippen LogP contribution < -0.4 is 0 Å². The molecule has 5 atom stereocenters. The van der Waals surface area contributed by atoms with Crippen LogP contribution >= 0.6 is 0 Å². The largest absolute Gasteiger partial charge is 0.382 e. The molecular weight excluding hydrogens is 184 g/mol. The Kier molecular flexibility index (Phi) is 4.31. The van der Waals surface area contributed by atoms with E-state index in [-0.39, 0.29) is 24.0 Å². The smallest absolute Gasteiger partial charge is 0.160 e. The highest BCUT2D eigenvalue weighted by Crippen LogP contribution is 2.30. The quantitative estimate of drug-likeness (QED) is 0.732. The lowest BCUT2D eigenvalue weighted by molar-refractivity contribution is -0.254. The van der Waals surface area contributed by atoms with Gasteiger partial charge in [0.1, 0.15) is 0 Å². The van der Waals surface area contributed by atoms with Crippen molar-refractivity contribution >= 4 is 0 Å². The lowest BCUT2D eigenvalue weighted by Gasteiger charge is -2.41. The monoisotopic (exact) mass is 204 g/mol. The van der Waals surface area contributed by atoms with Crippen LogP contribution in [0.25, 0.3) is 0 Å². The molecule has 4 heteroatoms. The van der Waals surface area contributed by atoms with Crippen molar-refractivity contribution in [3.05, 3.63) is 0 Å². The van der Waals surface area contributed by atoms with Crippen molar-refractivity contribution in [2.75, 3.05) is 20.8 Å². The first-order valence-electron chi connectivity index (χ1n) is 4.97. The summed E-state index contributed by atoms with van der Waals surface area (Å²) in [5.74, 6) is 0.237. The van der Waals surface area contributed by atoms with E-state index in [1.165, 1.54) is 0 Å². The Morgan fingerprint density at radius 3 is 2.36 bits per heavy atom. The standard InChI is InChI=1S/C10H20O4/c1-6-8(5-12-3)14-10(11)7(2)9(6)13-4/h6-11H,5H2,1-4H3/t6-,7-,8-,9+,10+/m1/s1. The summed E-state index contributed by atoms with van der Waals surface area (Å²) in [4.78, 5) is 0. The van der Waals surface area contributed by atoms with Crippen LogP contribution in [0.1, 0.15) is 13.8 Å². The van der Waals surface area contributed by atoms with Gasteiger partial charge >= 0.3 is 0 Å². The Bertz CT molecular complexity index is 174. The van der Waals surface area contributed by atoms with Crippen molar-refractivity contribution in [3.8, 4) is 0 Å². The molecule has 14 heavy (non-hydrogen) atoms. The number of aliphatic hydroxyl groups is 1. The summed E-state index contributed by atoms with van der Waals surface area (Å²) in [6.07, 6.45) is -0.814. The van der Waals surface area contributed by atoms with Gasteiger partial charge in [-0.05, 0) is 0 Å². The van der Waals surface area contributed by atoms with Gasteiger partial charge in [0.2, 0.25) is 0 Å². The molecule has 1 aliphatic heterocycles. The zero-order chi connectivity index (χ0) is 10.7. The molecule has 1 N–H and O–H groups in total. The Morgan fingerprint density at radius 2 is 1.86 bits per heavy atom. The van der Waals surface area contributed by atoms with Crippen LogP contribution in [0, 0.1) is 11.8 Å². The van der Waals surface area contributed by atoms with Crippen molar-refractivity contribution in [1.82, 2.24) is 0 Å². The van der Waals surface area contributed by atoms with Crippen LogP contribution in [0.5, 0.6) is 0 Å². The predicted octanol–water partition coefficient (Wildman–Crippen LogP) is 0.637. The van der Waals surface area contributed by atoms with Crippen LogP contribution in [0.3, 0.4) is 0 Å². The number of ether oxygens (including phenoxy) is 3. The zero-order valence-electron chi connectivity index (χ0n) is 9.27. The van der Waals surface area contributed by atoms with Gasteiger partial charge in [0.05, 0.1) is 18.8 Å². The summed E-state index contributed by atoms with van der Waals surface area (Å²) in [6.45, 7) is 4.48. The number of hydrogen-bond acceptors (Lipinski definition) is 4. The van der Waals surface area contributed by atoms with E-state index < -0.39 is 6.29 Å². The summed E-state index contributed by atoms with van der Waals surface area (Å²) in [5, 5.41) is 9.64. The zero-order valence-corrected chi connectivity index (χ0v) is 9.27. The Labute approximate surface area is 85.2 Å².